The average molecular weight is 381 g/mol. The van der Waals surface area contributed by atoms with Crippen LogP contribution in [0.1, 0.15) is 18.5 Å². The summed E-state index contributed by atoms with van der Waals surface area (Å²) in [6, 6.07) is 13.7. The maximum atomic E-state index is 12.9. The van der Waals surface area contributed by atoms with Crippen molar-refractivity contribution in [2.24, 2.45) is 4.40 Å². The number of amidine groups is 1. The quantitative estimate of drug-likeness (QED) is 0.886. The van der Waals surface area contributed by atoms with Crippen molar-refractivity contribution in [3.63, 3.8) is 0 Å². The van der Waals surface area contributed by atoms with E-state index in [4.69, 9.17) is 0 Å². The Morgan fingerprint density at radius 3 is 2.81 bits per heavy atom. The lowest BCUT2D eigenvalue weighted by Crippen LogP contribution is -2.42. The zero-order valence-corrected chi connectivity index (χ0v) is 15.6. The van der Waals surface area contributed by atoms with Gasteiger partial charge in [-0.1, -0.05) is 42.5 Å². The molecule has 1 N–H and O–H groups in total. The van der Waals surface area contributed by atoms with Crippen LogP contribution in [0.5, 0.6) is 0 Å². The largest absolute Gasteiger partial charge is 0.345 e. The van der Waals surface area contributed by atoms with Crippen LogP contribution < -0.4 is 5.32 Å². The lowest BCUT2D eigenvalue weighted by Gasteiger charge is -2.29. The first-order valence-electron chi connectivity index (χ1n) is 8.71. The molecule has 0 radical (unpaired) electrons. The van der Waals surface area contributed by atoms with Crippen LogP contribution in [0, 0.1) is 0 Å². The molecule has 0 fully saturated rings. The van der Waals surface area contributed by atoms with Crippen LogP contribution in [-0.4, -0.2) is 37.4 Å². The first-order valence-corrected chi connectivity index (χ1v) is 10.3. The number of carbonyl (C=O) groups is 1. The maximum absolute atomic E-state index is 12.9. The molecule has 1 atom stereocenters. The summed E-state index contributed by atoms with van der Waals surface area (Å²) in [5.74, 6) is -0.214. The highest BCUT2D eigenvalue weighted by atomic mass is 32.2. The summed E-state index contributed by atoms with van der Waals surface area (Å²) in [6.45, 7) is 2.21. The number of hydrogen-bond acceptors (Lipinski definition) is 4. The Kier molecular flexibility index (Phi) is 4.31. The zero-order valence-electron chi connectivity index (χ0n) is 14.8. The van der Waals surface area contributed by atoms with E-state index >= 15 is 0 Å². The fraction of sp³-hybridized carbons (Fsp3) is 0.200. The Labute approximate surface area is 157 Å². The number of nitrogens with zero attached hydrogens (tertiary/aromatic N) is 2. The molecule has 0 bridgehead atoms. The summed E-state index contributed by atoms with van der Waals surface area (Å²) in [7, 11) is -3.54. The van der Waals surface area contributed by atoms with Gasteiger partial charge in [0, 0.05) is 12.7 Å². The number of fused-ring (bicyclic) bond motifs is 2. The molecular formula is C20H19N3O3S. The molecule has 2 aliphatic rings. The summed E-state index contributed by atoms with van der Waals surface area (Å²) < 4.78 is 27.5. The van der Waals surface area contributed by atoms with Gasteiger partial charge in [0.15, 0.2) is 5.84 Å². The Hall–Kier alpha value is -2.93. The molecule has 7 heteroatoms. The third-order valence-corrected chi connectivity index (χ3v) is 5.89. The fourth-order valence-electron chi connectivity index (χ4n) is 3.37. The topological polar surface area (TPSA) is 78.8 Å². The number of benzene rings is 2. The van der Waals surface area contributed by atoms with Crippen molar-refractivity contribution in [1.29, 1.82) is 0 Å². The van der Waals surface area contributed by atoms with Gasteiger partial charge in [0.1, 0.15) is 0 Å². The predicted molar refractivity (Wildman–Crippen MR) is 106 cm³/mol. The highest BCUT2D eigenvalue weighted by Gasteiger charge is 2.30. The van der Waals surface area contributed by atoms with Crippen LogP contribution in [0.25, 0.3) is 10.8 Å². The summed E-state index contributed by atoms with van der Waals surface area (Å²) in [5, 5.41) is 5.15. The van der Waals surface area contributed by atoms with Crippen LogP contribution in [0.15, 0.2) is 70.8 Å². The van der Waals surface area contributed by atoms with Gasteiger partial charge < -0.3 is 10.2 Å². The average Bonchev–Trinajstić information content (AvgIpc) is 2.66. The van der Waals surface area contributed by atoms with Gasteiger partial charge in [0.25, 0.3) is 15.9 Å². The molecule has 0 aliphatic carbocycles. The van der Waals surface area contributed by atoms with E-state index < -0.39 is 10.0 Å². The smallest absolute Gasteiger partial charge is 0.256 e. The number of rotatable bonds is 3. The van der Waals surface area contributed by atoms with E-state index in [1.165, 1.54) is 0 Å². The first-order chi connectivity index (χ1) is 12.9. The molecule has 0 spiro atoms. The highest BCUT2D eigenvalue weighted by molar-refractivity contribution is 7.90. The number of nitrogens with one attached hydrogen (secondary N) is 1. The molecule has 2 aromatic carbocycles. The molecular weight excluding hydrogens is 362 g/mol. The summed E-state index contributed by atoms with van der Waals surface area (Å²) in [5.41, 5.74) is 1.26. The standard InChI is InChI=1S/C20H19N3O3S/c1-14(16-9-4-7-15-6-2-3-8-17(15)16)21-20(24)18-10-5-11-23-12-13-27(25,26)22-19(18)23/h2-11,14H,12-13H2,1H3,(H,21,24). The van der Waals surface area contributed by atoms with E-state index in [1.807, 2.05) is 49.4 Å². The van der Waals surface area contributed by atoms with Crippen molar-refractivity contribution in [1.82, 2.24) is 10.2 Å². The van der Waals surface area contributed by atoms with Crippen LogP contribution in [0.2, 0.25) is 0 Å². The van der Waals surface area contributed by atoms with Crippen LogP contribution in [0.3, 0.4) is 0 Å². The second kappa shape index (κ2) is 6.66. The van der Waals surface area contributed by atoms with Crippen molar-refractivity contribution < 1.29 is 13.2 Å². The molecule has 0 aromatic heterocycles. The number of carbonyl (C=O) groups excluding carboxylic acids is 1. The van der Waals surface area contributed by atoms with Gasteiger partial charge in [0.05, 0.1) is 17.4 Å². The van der Waals surface area contributed by atoms with Crippen LogP contribution >= 0.6 is 0 Å². The Balaban J connectivity index is 1.63. The van der Waals surface area contributed by atoms with Gasteiger partial charge in [-0.15, -0.1) is 4.40 Å². The molecule has 2 aliphatic heterocycles. The summed E-state index contributed by atoms with van der Waals surface area (Å²) in [4.78, 5) is 14.6. The van der Waals surface area contributed by atoms with E-state index in [2.05, 4.69) is 9.71 Å². The molecule has 2 aromatic rings. The highest BCUT2D eigenvalue weighted by Crippen LogP contribution is 2.25. The number of sulfonamides is 1. The van der Waals surface area contributed by atoms with E-state index in [-0.39, 0.29) is 29.1 Å². The van der Waals surface area contributed by atoms with Gasteiger partial charge >= 0.3 is 0 Å². The zero-order chi connectivity index (χ0) is 19.0. The summed E-state index contributed by atoms with van der Waals surface area (Å²) in [6.07, 6.45) is 5.06. The molecule has 1 unspecified atom stereocenters. The molecule has 4 rings (SSSR count). The fourth-order valence-corrected chi connectivity index (χ4v) is 4.36. The van der Waals surface area contributed by atoms with Crippen molar-refractivity contribution in [2.75, 3.05) is 12.3 Å². The van der Waals surface area contributed by atoms with Crippen molar-refractivity contribution in [3.05, 3.63) is 72.0 Å². The summed E-state index contributed by atoms with van der Waals surface area (Å²) >= 11 is 0. The Morgan fingerprint density at radius 1 is 1.19 bits per heavy atom. The molecule has 138 valence electrons. The minimum absolute atomic E-state index is 0.0534. The van der Waals surface area contributed by atoms with Crippen LogP contribution in [0.4, 0.5) is 0 Å². The normalized spacial score (nSPS) is 19.1. The minimum atomic E-state index is -3.54. The molecule has 2 heterocycles. The van der Waals surface area contributed by atoms with E-state index in [1.54, 1.807) is 23.3 Å². The lowest BCUT2D eigenvalue weighted by molar-refractivity contribution is -0.117. The molecule has 1 amide bonds. The van der Waals surface area contributed by atoms with Gasteiger partial charge in [-0.05, 0) is 35.4 Å². The second-order valence-corrected chi connectivity index (χ2v) is 8.33. The second-order valence-electron chi connectivity index (χ2n) is 6.58. The van der Waals surface area contributed by atoms with Gasteiger partial charge in [-0.3, -0.25) is 4.79 Å². The van der Waals surface area contributed by atoms with E-state index in [0.717, 1.165) is 16.3 Å². The first kappa shape index (κ1) is 17.5. The van der Waals surface area contributed by atoms with E-state index in [9.17, 15) is 13.2 Å². The van der Waals surface area contributed by atoms with Crippen molar-refractivity contribution in [2.45, 2.75) is 13.0 Å². The monoisotopic (exact) mass is 381 g/mol. The van der Waals surface area contributed by atoms with Crippen molar-refractivity contribution in [3.8, 4) is 0 Å². The molecule has 0 saturated heterocycles. The Morgan fingerprint density at radius 2 is 1.96 bits per heavy atom. The third-order valence-electron chi connectivity index (χ3n) is 4.74. The number of hydrogen-bond donors (Lipinski definition) is 1. The lowest BCUT2D eigenvalue weighted by atomic mass is 9.99. The molecule has 0 saturated carbocycles. The van der Waals surface area contributed by atoms with Gasteiger partial charge in [-0.25, -0.2) is 8.42 Å². The third kappa shape index (κ3) is 3.38. The van der Waals surface area contributed by atoms with Crippen molar-refractivity contribution >= 4 is 32.5 Å². The van der Waals surface area contributed by atoms with E-state index in [0.29, 0.717) is 6.54 Å². The van der Waals surface area contributed by atoms with Crippen LogP contribution in [-0.2, 0) is 14.8 Å². The number of amides is 1. The predicted octanol–water partition coefficient (Wildman–Crippen LogP) is 2.51. The van der Waals surface area contributed by atoms with Gasteiger partial charge in [0.2, 0.25) is 0 Å². The van der Waals surface area contributed by atoms with Gasteiger partial charge in [-0.2, -0.15) is 0 Å². The SMILES string of the molecule is CC(NC(=O)C1=CC=CN2CCS(=O)(=O)N=C12)c1cccc2ccccc12. The molecule has 27 heavy (non-hydrogen) atoms. The minimum Gasteiger partial charge on any atom is -0.345 e. The number of allylic oxidation sites excluding steroid dienone is 2. The Bertz CT molecular complexity index is 1110. The maximum Gasteiger partial charge on any atom is 0.256 e. The molecule has 6 nitrogen and oxygen atoms in total.